The Morgan fingerprint density at radius 1 is 0.932 bits per heavy atom. The summed E-state index contributed by atoms with van der Waals surface area (Å²) in [5, 5.41) is 10.6. The number of likely N-dealkylation sites (tertiary alicyclic amines) is 1. The first-order chi connectivity index (χ1) is 21.1. The van der Waals surface area contributed by atoms with Crippen LogP contribution in [0.15, 0.2) is 72.8 Å². The number of amides is 3. The van der Waals surface area contributed by atoms with Crippen molar-refractivity contribution in [1.82, 2.24) is 9.80 Å². The number of fused-ring (bicyclic) bond motifs is 2. The SMILES string of the molecule is CC[C@@]12C=CCN(Cc3ccccc3)C(=O)[C@@H]1[C@H]1C(=O)N([C@@H](CO)C(C)C)C3C(=O)N(c4cc(C)ccc4C)CC=C[C@@]31O2. The summed E-state index contributed by atoms with van der Waals surface area (Å²) in [7, 11) is 0. The second-order valence-corrected chi connectivity index (χ2v) is 13.1. The van der Waals surface area contributed by atoms with Crippen LogP contribution < -0.4 is 4.90 Å². The smallest absolute Gasteiger partial charge is 0.253 e. The maximum absolute atomic E-state index is 14.9. The highest BCUT2D eigenvalue weighted by Gasteiger charge is 2.76. The van der Waals surface area contributed by atoms with Gasteiger partial charge in [0.1, 0.15) is 11.6 Å². The third kappa shape index (κ3) is 4.53. The summed E-state index contributed by atoms with van der Waals surface area (Å²) in [5.74, 6) is -2.62. The summed E-state index contributed by atoms with van der Waals surface area (Å²) in [5.41, 5.74) is 1.31. The number of hydrogen-bond acceptors (Lipinski definition) is 5. The van der Waals surface area contributed by atoms with Crippen molar-refractivity contribution in [1.29, 1.82) is 0 Å². The molecule has 0 bridgehead atoms. The first kappa shape index (κ1) is 30.3. The van der Waals surface area contributed by atoms with Crippen molar-refractivity contribution in [3.05, 3.63) is 89.5 Å². The average Bonchev–Trinajstić information content (AvgIpc) is 3.30. The van der Waals surface area contributed by atoms with E-state index < -0.39 is 35.1 Å². The predicted octanol–water partition coefficient (Wildman–Crippen LogP) is 4.18. The molecule has 4 aliphatic rings. The number of anilines is 1. The molecule has 1 spiro atoms. The van der Waals surface area contributed by atoms with Gasteiger partial charge in [-0.2, -0.15) is 0 Å². The van der Waals surface area contributed by atoms with Crippen LogP contribution in [-0.4, -0.2) is 75.6 Å². The lowest BCUT2D eigenvalue weighted by molar-refractivity contribution is -0.153. The van der Waals surface area contributed by atoms with E-state index >= 15 is 0 Å². The van der Waals surface area contributed by atoms with E-state index in [2.05, 4.69) is 0 Å². The van der Waals surface area contributed by atoms with Crippen molar-refractivity contribution in [3.63, 3.8) is 0 Å². The van der Waals surface area contributed by atoms with E-state index in [1.165, 1.54) is 0 Å². The molecule has 44 heavy (non-hydrogen) atoms. The van der Waals surface area contributed by atoms with E-state index in [0.29, 0.717) is 26.1 Å². The fourth-order valence-corrected chi connectivity index (χ4v) is 7.90. The van der Waals surface area contributed by atoms with E-state index in [4.69, 9.17) is 4.74 Å². The van der Waals surface area contributed by atoms with Crippen molar-refractivity contribution < 1.29 is 24.2 Å². The zero-order valence-electron chi connectivity index (χ0n) is 26.3. The fourth-order valence-electron chi connectivity index (χ4n) is 7.90. The first-order valence-corrected chi connectivity index (χ1v) is 15.8. The lowest BCUT2D eigenvalue weighted by atomic mass is 9.73. The molecule has 1 N–H and O–H groups in total. The van der Waals surface area contributed by atoms with Gasteiger partial charge >= 0.3 is 0 Å². The van der Waals surface area contributed by atoms with Crippen molar-refractivity contribution in [2.24, 2.45) is 17.8 Å². The average molecular weight is 598 g/mol. The number of aliphatic hydroxyl groups excluding tert-OH is 1. The minimum Gasteiger partial charge on any atom is -0.394 e. The number of rotatable bonds is 7. The van der Waals surface area contributed by atoms with Gasteiger partial charge in [-0.05, 0) is 48.9 Å². The second-order valence-electron chi connectivity index (χ2n) is 13.1. The number of carbonyl (C=O) groups is 3. The number of hydrogen-bond donors (Lipinski definition) is 1. The highest BCUT2D eigenvalue weighted by Crippen LogP contribution is 2.59. The van der Waals surface area contributed by atoms with Gasteiger partial charge in [0.2, 0.25) is 11.8 Å². The van der Waals surface area contributed by atoms with Crippen LogP contribution in [0.25, 0.3) is 0 Å². The maximum atomic E-state index is 14.9. The maximum Gasteiger partial charge on any atom is 0.253 e. The van der Waals surface area contributed by atoms with Gasteiger partial charge < -0.3 is 24.5 Å². The van der Waals surface area contributed by atoms with Crippen LogP contribution in [0, 0.1) is 31.6 Å². The molecule has 0 aromatic heterocycles. The molecular formula is C36H43N3O5. The van der Waals surface area contributed by atoms with Gasteiger partial charge in [-0.1, -0.05) is 87.5 Å². The van der Waals surface area contributed by atoms with Crippen LogP contribution in [0.3, 0.4) is 0 Å². The van der Waals surface area contributed by atoms with Crippen molar-refractivity contribution in [3.8, 4) is 0 Å². The second kappa shape index (κ2) is 11.3. The molecule has 0 radical (unpaired) electrons. The summed E-state index contributed by atoms with van der Waals surface area (Å²) < 4.78 is 7.12. The number of aryl methyl sites for hydroxylation is 2. The molecule has 6 atom stereocenters. The van der Waals surface area contributed by atoms with Gasteiger partial charge in [0.05, 0.1) is 30.1 Å². The molecule has 2 fully saturated rings. The Morgan fingerprint density at radius 3 is 2.34 bits per heavy atom. The van der Waals surface area contributed by atoms with Crippen LogP contribution in [0.4, 0.5) is 5.69 Å². The molecule has 8 nitrogen and oxygen atoms in total. The van der Waals surface area contributed by atoms with Gasteiger partial charge in [0, 0.05) is 25.3 Å². The molecule has 2 aromatic carbocycles. The zero-order chi connectivity index (χ0) is 31.4. The fraction of sp³-hybridized carbons (Fsp3) is 0.472. The predicted molar refractivity (Wildman–Crippen MR) is 169 cm³/mol. The molecule has 0 saturated carbocycles. The minimum absolute atomic E-state index is 0.135. The number of carbonyl (C=O) groups excluding carboxylic acids is 3. The molecule has 3 amide bonds. The Kier molecular flexibility index (Phi) is 7.79. The Balaban J connectivity index is 1.50. The molecule has 2 aromatic rings. The minimum atomic E-state index is -1.38. The lowest BCUT2D eigenvalue weighted by Crippen LogP contribution is -2.60. The third-order valence-corrected chi connectivity index (χ3v) is 10.1. The van der Waals surface area contributed by atoms with Gasteiger partial charge in [0.15, 0.2) is 0 Å². The number of aliphatic hydroxyl groups is 1. The standard InChI is InChI=1S/C36H43N3O5/c1-6-35-16-10-18-37(21-26-12-8-7-9-13-26)32(41)29(35)30-33(42)39(28(22-40)23(2)3)31-34(43)38(19-11-17-36(30,31)44-35)27-20-24(4)14-15-25(27)5/h7-17,20,23,28-31,40H,6,18-19,21-22H2,1-5H3/t28-,29-,30-,31?,35+,36-/m0/s1. The molecule has 4 heterocycles. The Hall–Kier alpha value is -3.75. The molecule has 1 unspecified atom stereocenters. The van der Waals surface area contributed by atoms with Gasteiger partial charge in [-0.25, -0.2) is 0 Å². The van der Waals surface area contributed by atoms with E-state index in [0.717, 1.165) is 22.4 Å². The van der Waals surface area contributed by atoms with Gasteiger partial charge in [-0.15, -0.1) is 0 Å². The summed E-state index contributed by atoms with van der Waals surface area (Å²) in [6.07, 6.45) is 8.19. The molecule has 2 saturated heterocycles. The number of nitrogens with zero attached hydrogens (tertiary/aromatic N) is 3. The van der Waals surface area contributed by atoms with E-state index in [1.807, 2.05) is 107 Å². The summed E-state index contributed by atoms with van der Waals surface area (Å²) >= 11 is 0. The third-order valence-electron chi connectivity index (χ3n) is 10.1. The normalized spacial score (nSPS) is 30.4. The Morgan fingerprint density at radius 2 is 1.66 bits per heavy atom. The molecule has 232 valence electrons. The van der Waals surface area contributed by atoms with E-state index in [-0.39, 0.29) is 30.2 Å². The highest BCUT2D eigenvalue weighted by molar-refractivity contribution is 6.06. The van der Waals surface area contributed by atoms with Crippen molar-refractivity contribution >= 4 is 23.4 Å². The number of ether oxygens (including phenoxy) is 1. The van der Waals surface area contributed by atoms with Crippen molar-refractivity contribution in [2.45, 2.75) is 70.9 Å². The highest BCUT2D eigenvalue weighted by atomic mass is 16.5. The topological polar surface area (TPSA) is 90.4 Å². The molecule has 0 aliphatic carbocycles. The van der Waals surface area contributed by atoms with Gasteiger partial charge in [0.25, 0.3) is 5.91 Å². The lowest BCUT2D eigenvalue weighted by Gasteiger charge is -2.42. The van der Waals surface area contributed by atoms with Crippen LogP contribution in [0.2, 0.25) is 0 Å². The summed E-state index contributed by atoms with van der Waals surface area (Å²) in [6.45, 7) is 10.6. The summed E-state index contributed by atoms with van der Waals surface area (Å²) in [4.78, 5) is 49.5. The largest absolute Gasteiger partial charge is 0.394 e. The molecular weight excluding hydrogens is 554 g/mol. The van der Waals surface area contributed by atoms with Crippen LogP contribution >= 0.6 is 0 Å². The van der Waals surface area contributed by atoms with Crippen LogP contribution in [0.1, 0.15) is 43.9 Å². The number of benzene rings is 2. The van der Waals surface area contributed by atoms with E-state index in [1.54, 1.807) is 14.7 Å². The Labute approximate surface area is 260 Å². The molecule has 6 rings (SSSR count). The Bertz CT molecular complexity index is 1520. The monoisotopic (exact) mass is 597 g/mol. The quantitative estimate of drug-likeness (QED) is 0.484. The van der Waals surface area contributed by atoms with Crippen LogP contribution in [-0.2, 0) is 25.7 Å². The van der Waals surface area contributed by atoms with Crippen molar-refractivity contribution in [2.75, 3.05) is 24.6 Å². The van der Waals surface area contributed by atoms with Gasteiger partial charge in [-0.3, -0.25) is 14.4 Å². The van der Waals surface area contributed by atoms with E-state index in [9.17, 15) is 19.5 Å². The zero-order valence-corrected chi connectivity index (χ0v) is 26.3. The summed E-state index contributed by atoms with van der Waals surface area (Å²) in [6, 6.07) is 14.2. The molecule has 8 heteroatoms. The molecule has 4 aliphatic heterocycles. The van der Waals surface area contributed by atoms with Crippen LogP contribution in [0.5, 0.6) is 0 Å². The first-order valence-electron chi connectivity index (χ1n) is 15.8.